The highest BCUT2D eigenvalue weighted by Crippen LogP contribution is 2.34. The predicted octanol–water partition coefficient (Wildman–Crippen LogP) is 5.71. The third kappa shape index (κ3) is 3.15. The zero-order valence-corrected chi connectivity index (χ0v) is 16.6. The summed E-state index contributed by atoms with van der Waals surface area (Å²) in [5.74, 6) is -1.35. The highest BCUT2D eigenvalue weighted by molar-refractivity contribution is 9.10. The lowest BCUT2D eigenvalue weighted by Crippen LogP contribution is -2.09. The zero-order chi connectivity index (χ0) is 17.4. The van der Waals surface area contributed by atoms with Crippen LogP contribution in [-0.2, 0) is 11.3 Å². The van der Waals surface area contributed by atoms with Crippen LogP contribution in [0.5, 0.6) is 0 Å². The number of aliphatic carboxylic acids is 1. The molecule has 0 aliphatic carbocycles. The molecule has 0 radical (unpaired) electrons. The normalized spacial score (nSPS) is 12.5. The van der Waals surface area contributed by atoms with Gasteiger partial charge in [0.05, 0.1) is 5.92 Å². The Morgan fingerprint density at radius 3 is 2.38 bits per heavy atom. The summed E-state index contributed by atoms with van der Waals surface area (Å²) in [5.41, 5.74) is 4.12. The van der Waals surface area contributed by atoms with Crippen molar-refractivity contribution in [1.82, 2.24) is 4.57 Å². The quantitative estimate of drug-likeness (QED) is 0.552. The number of fused-ring (bicyclic) bond motifs is 1. The van der Waals surface area contributed by atoms with Gasteiger partial charge >= 0.3 is 5.97 Å². The van der Waals surface area contributed by atoms with Crippen molar-refractivity contribution in [3.63, 3.8) is 0 Å². The summed E-state index contributed by atoms with van der Waals surface area (Å²) in [6, 6.07) is 14.2. The standard InChI is InChI=1S/C19H17Br2NO2/c1-11(19(23)24)18-12(2)22(10-13-3-5-14(20)6-4-13)17-8-7-15(21)9-16(17)18/h3-9,11H,10H2,1-2H3,(H,23,24). The van der Waals surface area contributed by atoms with E-state index in [1.165, 1.54) is 5.56 Å². The van der Waals surface area contributed by atoms with E-state index in [9.17, 15) is 9.90 Å². The smallest absolute Gasteiger partial charge is 0.310 e. The number of rotatable bonds is 4. The van der Waals surface area contributed by atoms with Gasteiger partial charge in [0.25, 0.3) is 0 Å². The Morgan fingerprint density at radius 1 is 1.12 bits per heavy atom. The van der Waals surface area contributed by atoms with Gasteiger partial charge in [-0.15, -0.1) is 0 Å². The number of aromatic nitrogens is 1. The summed E-state index contributed by atoms with van der Waals surface area (Å²) in [7, 11) is 0. The van der Waals surface area contributed by atoms with Gasteiger partial charge in [-0.3, -0.25) is 4.79 Å². The molecule has 0 aliphatic rings. The van der Waals surface area contributed by atoms with Crippen LogP contribution in [0, 0.1) is 6.92 Å². The van der Waals surface area contributed by atoms with Crippen molar-refractivity contribution in [2.45, 2.75) is 26.3 Å². The van der Waals surface area contributed by atoms with Gasteiger partial charge in [-0.1, -0.05) is 44.0 Å². The van der Waals surface area contributed by atoms with Crippen molar-refractivity contribution < 1.29 is 9.90 Å². The second-order valence-electron chi connectivity index (χ2n) is 5.93. The molecule has 0 saturated heterocycles. The van der Waals surface area contributed by atoms with E-state index >= 15 is 0 Å². The van der Waals surface area contributed by atoms with E-state index in [0.29, 0.717) is 6.54 Å². The molecule has 1 atom stereocenters. The molecule has 1 aromatic heterocycles. The number of nitrogens with zero attached hydrogens (tertiary/aromatic N) is 1. The van der Waals surface area contributed by atoms with Crippen LogP contribution < -0.4 is 0 Å². The van der Waals surface area contributed by atoms with E-state index in [0.717, 1.165) is 31.1 Å². The maximum Gasteiger partial charge on any atom is 0.310 e. The summed E-state index contributed by atoms with van der Waals surface area (Å²) < 4.78 is 4.19. The van der Waals surface area contributed by atoms with Gasteiger partial charge in [0.15, 0.2) is 0 Å². The van der Waals surface area contributed by atoms with Crippen LogP contribution >= 0.6 is 31.9 Å². The molecule has 0 saturated carbocycles. The Kier molecular flexibility index (Phi) is 4.83. The Hall–Kier alpha value is -1.59. The molecular weight excluding hydrogens is 434 g/mol. The van der Waals surface area contributed by atoms with E-state index in [2.05, 4.69) is 48.6 Å². The molecule has 0 fully saturated rings. The van der Waals surface area contributed by atoms with Crippen LogP contribution in [0.4, 0.5) is 0 Å². The monoisotopic (exact) mass is 449 g/mol. The minimum Gasteiger partial charge on any atom is -0.481 e. The number of carbonyl (C=O) groups is 1. The molecule has 24 heavy (non-hydrogen) atoms. The van der Waals surface area contributed by atoms with Gasteiger partial charge < -0.3 is 9.67 Å². The fourth-order valence-electron chi connectivity index (χ4n) is 3.13. The second kappa shape index (κ2) is 6.73. The molecule has 0 amide bonds. The first kappa shape index (κ1) is 17.2. The summed E-state index contributed by atoms with van der Waals surface area (Å²) in [6.45, 7) is 4.46. The molecule has 2 aromatic carbocycles. The molecule has 3 aromatic rings. The largest absolute Gasteiger partial charge is 0.481 e. The maximum atomic E-state index is 11.6. The highest BCUT2D eigenvalue weighted by atomic mass is 79.9. The average Bonchev–Trinajstić information content (AvgIpc) is 2.80. The molecule has 1 unspecified atom stereocenters. The van der Waals surface area contributed by atoms with E-state index in [4.69, 9.17) is 0 Å². The first-order valence-corrected chi connectivity index (χ1v) is 9.22. The summed E-state index contributed by atoms with van der Waals surface area (Å²) in [4.78, 5) is 11.6. The van der Waals surface area contributed by atoms with Crippen molar-refractivity contribution in [3.05, 3.63) is 68.2 Å². The molecule has 1 heterocycles. The van der Waals surface area contributed by atoms with Gasteiger partial charge in [0, 0.05) is 32.1 Å². The SMILES string of the molecule is Cc1c(C(C)C(=O)O)c2cc(Br)ccc2n1Cc1ccc(Br)cc1. The lowest BCUT2D eigenvalue weighted by Gasteiger charge is -2.11. The van der Waals surface area contributed by atoms with Crippen LogP contribution in [0.15, 0.2) is 51.4 Å². The molecule has 3 rings (SSSR count). The van der Waals surface area contributed by atoms with Crippen molar-refractivity contribution in [2.75, 3.05) is 0 Å². The minimum atomic E-state index is -0.805. The van der Waals surface area contributed by atoms with E-state index in [-0.39, 0.29) is 0 Å². The number of hydrogen-bond acceptors (Lipinski definition) is 1. The molecule has 0 spiro atoms. The van der Waals surface area contributed by atoms with E-state index < -0.39 is 11.9 Å². The average molecular weight is 451 g/mol. The van der Waals surface area contributed by atoms with E-state index in [1.807, 2.05) is 37.3 Å². The van der Waals surface area contributed by atoms with Crippen molar-refractivity contribution in [1.29, 1.82) is 0 Å². The summed E-state index contributed by atoms with van der Waals surface area (Å²) in [6.07, 6.45) is 0. The van der Waals surface area contributed by atoms with Gasteiger partial charge in [0.2, 0.25) is 0 Å². The molecular formula is C19H17Br2NO2. The summed E-state index contributed by atoms with van der Waals surface area (Å²) in [5, 5.41) is 10.5. The molecule has 0 aliphatic heterocycles. The van der Waals surface area contributed by atoms with Crippen molar-refractivity contribution >= 4 is 48.7 Å². The second-order valence-corrected chi connectivity index (χ2v) is 7.76. The Morgan fingerprint density at radius 2 is 1.75 bits per heavy atom. The fourth-order valence-corrected chi connectivity index (χ4v) is 3.75. The third-order valence-corrected chi connectivity index (χ3v) is 5.41. The minimum absolute atomic E-state index is 0.548. The number of benzene rings is 2. The molecule has 0 bridgehead atoms. The topological polar surface area (TPSA) is 42.2 Å². The first-order chi connectivity index (χ1) is 11.4. The van der Waals surface area contributed by atoms with Crippen LogP contribution in [0.1, 0.15) is 29.7 Å². The Bertz CT molecular complexity index is 913. The van der Waals surface area contributed by atoms with E-state index in [1.54, 1.807) is 6.92 Å². The Labute approximate surface area is 157 Å². The molecule has 1 N–H and O–H groups in total. The first-order valence-electron chi connectivity index (χ1n) is 7.64. The van der Waals surface area contributed by atoms with Crippen LogP contribution in [-0.4, -0.2) is 15.6 Å². The van der Waals surface area contributed by atoms with Crippen LogP contribution in [0.25, 0.3) is 10.9 Å². The van der Waals surface area contributed by atoms with Gasteiger partial charge in [-0.25, -0.2) is 0 Å². The van der Waals surface area contributed by atoms with Gasteiger partial charge in [-0.2, -0.15) is 0 Å². The van der Waals surface area contributed by atoms with Gasteiger partial charge in [0.1, 0.15) is 0 Å². The number of hydrogen-bond donors (Lipinski definition) is 1. The molecule has 5 heteroatoms. The lowest BCUT2D eigenvalue weighted by atomic mass is 9.98. The fraction of sp³-hybridized carbons (Fsp3) is 0.211. The number of carboxylic acids is 1. The van der Waals surface area contributed by atoms with Crippen LogP contribution in [0.2, 0.25) is 0 Å². The highest BCUT2D eigenvalue weighted by Gasteiger charge is 2.23. The lowest BCUT2D eigenvalue weighted by molar-refractivity contribution is -0.138. The van der Waals surface area contributed by atoms with Crippen LogP contribution in [0.3, 0.4) is 0 Å². The summed E-state index contributed by atoms with van der Waals surface area (Å²) >= 11 is 6.95. The number of carboxylic acid groups (broad SMARTS) is 1. The maximum absolute atomic E-state index is 11.6. The molecule has 124 valence electrons. The van der Waals surface area contributed by atoms with Crippen molar-refractivity contribution in [3.8, 4) is 0 Å². The van der Waals surface area contributed by atoms with Crippen molar-refractivity contribution in [2.24, 2.45) is 0 Å². The number of halogens is 2. The third-order valence-electron chi connectivity index (χ3n) is 4.39. The van der Waals surface area contributed by atoms with Gasteiger partial charge in [-0.05, 0) is 55.3 Å². The Balaban J connectivity index is 2.18. The zero-order valence-electron chi connectivity index (χ0n) is 13.4. The molecule has 3 nitrogen and oxygen atoms in total. The predicted molar refractivity (Wildman–Crippen MR) is 104 cm³/mol.